The van der Waals surface area contributed by atoms with E-state index in [9.17, 15) is 14.7 Å². The van der Waals surface area contributed by atoms with E-state index in [-0.39, 0.29) is 117 Å². The maximum absolute atomic E-state index is 14.2. The lowest BCUT2D eigenvalue weighted by Gasteiger charge is -2.47. The third-order valence-corrected chi connectivity index (χ3v) is 14.6. The van der Waals surface area contributed by atoms with Crippen LogP contribution in [0.15, 0.2) is 24.3 Å². The van der Waals surface area contributed by atoms with Gasteiger partial charge in [0.05, 0.1) is 67.1 Å². The van der Waals surface area contributed by atoms with E-state index in [0.717, 1.165) is 49.7 Å². The van der Waals surface area contributed by atoms with Crippen LogP contribution >= 0.6 is 0 Å². The predicted molar refractivity (Wildman–Crippen MR) is 211 cm³/mol. The number of aliphatic hydroxyl groups is 1. The molecule has 0 radical (unpaired) electrons. The van der Waals surface area contributed by atoms with Crippen molar-refractivity contribution in [2.75, 3.05) is 13.7 Å². The highest BCUT2D eigenvalue weighted by Crippen LogP contribution is 2.54. The Labute approximate surface area is 348 Å². The fourth-order valence-corrected chi connectivity index (χ4v) is 11.8. The topological polar surface area (TPSA) is 159 Å². The van der Waals surface area contributed by atoms with Gasteiger partial charge in [-0.15, -0.1) is 0 Å². The van der Waals surface area contributed by atoms with Crippen LogP contribution in [0, 0.1) is 11.8 Å². The number of alkyl carbamates (subject to hydrolysis) is 1. The molecule has 10 fully saturated rings. The molecular weight excluding hydrogens is 762 g/mol. The normalized spacial score (nSPS) is 47.7. The van der Waals surface area contributed by atoms with Gasteiger partial charge < -0.3 is 57.8 Å². The number of aliphatic hydroxyl groups excluding tert-OH is 1. The van der Waals surface area contributed by atoms with Crippen molar-refractivity contribution in [3.63, 3.8) is 0 Å². The predicted octanol–water partition coefficient (Wildman–Crippen LogP) is 5.00. The van der Waals surface area contributed by atoms with Crippen molar-refractivity contribution in [3.05, 3.63) is 24.3 Å². The van der Waals surface area contributed by atoms with Gasteiger partial charge in [-0.25, -0.2) is 4.79 Å². The fraction of sp³-hybridized carbons (Fsp3) is 0.867. The third-order valence-electron chi connectivity index (χ3n) is 14.6. The number of nitrogens with one attached hydrogen (secondary N) is 1. The molecule has 1 spiro atoms. The first-order valence-corrected chi connectivity index (χ1v) is 22.5. The molecule has 12 bridgehead atoms. The quantitative estimate of drug-likeness (QED) is 0.357. The largest absolute Gasteiger partial charge is 0.444 e. The minimum absolute atomic E-state index is 0.000416. The Bertz CT molecular complexity index is 1600. The minimum atomic E-state index is -0.935. The van der Waals surface area contributed by atoms with Crippen LogP contribution in [0.2, 0.25) is 0 Å². The molecule has 4 unspecified atom stereocenters. The molecule has 59 heavy (non-hydrogen) atoms. The number of amides is 1. The Hall–Kier alpha value is -1.98. The maximum Gasteiger partial charge on any atom is 0.407 e. The smallest absolute Gasteiger partial charge is 0.407 e. The van der Waals surface area contributed by atoms with Crippen molar-refractivity contribution in [2.24, 2.45) is 11.8 Å². The minimum Gasteiger partial charge on any atom is -0.444 e. The number of fused-ring (bicyclic) bond motifs is 6. The SMILES string of the molecule is C=C1CC2CC[C@@]34CC5O[C@H]6[C@@H](O3)[C@H]3O[C@H](CC[C@@H]3O[C@H]6[C@H]5O4)CC(=O)CC3[C@H](C[C@H]4O[C@@H](CCC1O2)C[C@@H](C)C4=C)O[C@H](C[C@H](O)CNC(=O)OC(C)(C)C)[C@@H]3OC. The van der Waals surface area contributed by atoms with E-state index >= 15 is 0 Å². The molecule has 1 amide bonds. The number of methoxy groups -OCH3 is 1. The number of hydrogen-bond acceptors (Lipinski definition) is 13. The fourth-order valence-electron chi connectivity index (χ4n) is 11.8. The Morgan fingerprint density at radius 1 is 0.831 bits per heavy atom. The van der Waals surface area contributed by atoms with Gasteiger partial charge in [-0.3, -0.25) is 4.79 Å². The van der Waals surface area contributed by atoms with E-state index in [2.05, 4.69) is 25.4 Å². The Balaban J connectivity index is 0.955. The average molecular weight is 830 g/mol. The Morgan fingerprint density at radius 2 is 1.56 bits per heavy atom. The summed E-state index contributed by atoms with van der Waals surface area (Å²) in [6, 6.07) is 0. The molecule has 0 saturated carbocycles. The second kappa shape index (κ2) is 16.6. The maximum atomic E-state index is 14.2. The van der Waals surface area contributed by atoms with Crippen molar-refractivity contribution >= 4 is 11.9 Å². The van der Waals surface area contributed by atoms with Crippen molar-refractivity contribution in [2.45, 2.75) is 220 Å². The standard InChI is InChI=1S/C45H67NO13/c1-22-14-27-8-10-31-23(2)15-29(51-31)12-13-45-20-36-39(57-45)40-41(56-36)42(58-45)38-32(55-40)11-9-28(53-38)16-25(47)17-30-34(19-33(52-27)24(22)3)54-35(37(30)50-7)18-26(48)21-46-43(49)59-44(4,5)6/h22,26-42,48H,2-3,8-21H2,1,4-7H3,(H,46,49)/t22-,26+,27+,28-,29?,30?,31?,32+,33-,34+,35-,36?,37-,38+,39+,40+,41-,42+,45+/m1/s1. The van der Waals surface area contributed by atoms with E-state index in [4.69, 9.17) is 47.4 Å². The number of hydrogen-bond donors (Lipinski definition) is 2. The lowest BCUT2D eigenvalue weighted by Crippen LogP contribution is -2.61. The van der Waals surface area contributed by atoms with Gasteiger partial charge in [-0.1, -0.05) is 20.1 Å². The van der Waals surface area contributed by atoms with E-state index in [1.54, 1.807) is 27.9 Å². The van der Waals surface area contributed by atoms with Gasteiger partial charge in [0.15, 0.2) is 5.79 Å². The van der Waals surface area contributed by atoms with Gasteiger partial charge in [0.1, 0.15) is 41.9 Å². The molecule has 330 valence electrons. The summed E-state index contributed by atoms with van der Waals surface area (Å²) in [5.41, 5.74) is 1.48. The molecule has 2 N–H and O–H groups in total. The highest BCUT2D eigenvalue weighted by atomic mass is 16.8. The average Bonchev–Trinajstić information content (AvgIpc) is 3.85. The van der Waals surface area contributed by atoms with Crippen molar-refractivity contribution < 1.29 is 62.1 Å². The second-order valence-corrected chi connectivity index (χ2v) is 20.1. The zero-order chi connectivity index (χ0) is 41.4. The molecule has 19 atom stereocenters. The van der Waals surface area contributed by atoms with Crippen LogP contribution in [0.1, 0.15) is 111 Å². The van der Waals surface area contributed by atoms with Gasteiger partial charge in [-0.05, 0) is 82.8 Å². The molecule has 10 aliphatic heterocycles. The highest BCUT2D eigenvalue weighted by Gasteiger charge is 2.68. The van der Waals surface area contributed by atoms with Crippen LogP contribution in [0.5, 0.6) is 0 Å². The van der Waals surface area contributed by atoms with E-state index < -0.39 is 41.9 Å². The molecule has 14 nitrogen and oxygen atoms in total. The van der Waals surface area contributed by atoms with Crippen LogP contribution in [0.3, 0.4) is 0 Å². The number of carbonyl (C=O) groups excluding carboxylic acids is 2. The summed E-state index contributed by atoms with van der Waals surface area (Å²) >= 11 is 0. The van der Waals surface area contributed by atoms with E-state index in [1.165, 1.54) is 0 Å². The van der Waals surface area contributed by atoms with Crippen LogP contribution in [0.25, 0.3) is 0 Å². The van der Waals surface area contributed by atoms with Crippen LogP contribution < -0.4 is 5.32 Å². The van der Waals surface area contributed by atoms with Crippen molar-refractivity contribution in [1.29, 1.82) is 0 Å². The molecule has 0 aromatic rings. The Morgan fingerprint density at radius 3 is 2.36 bits per heavy atom. The third kappa shape index (κ3) is 8.71. The van der Waals surface area contributed by atoms with Gasteiger partial charge >= 0.3 is 6.09 Å². The molecule has 0 aromatic carbocycles. The summed E-state index contributed by atoms with van der Waals surface area (Å²) in [6.45, 7) is 16.5. The van der Waals surface area contributed by atoms with Gasteiger partial charge in [0.25, 0.3) is 0 Å². The van der Waals surface area contributed by atoms with Crippen molar-refractivity contribution in [3.8, 4) is 0 Å². The zero-order valence-electron chi connectivity index (χ0n) is 35.6. The summed E-state index contributed by atoms with van der Waals surface area (Å²) in [5, 5.41) is 13.8. The second-order valence-electron chi connectivity index (χ2n) is 20.1. The summed E-state index contributed by atoms with van der Waals surface area (Å²) in [4.78, 5) is 26.6. The summed E-state index contributed by atoms with van der Waals surface area (Å²) in [6.07, 6.45) is 2.78. The lowest BCUT2D eigenvalue weighted by molar-refractivity contribution is -0.292. The first-order valence-electron chi connectivity index (χ1n) is 22.5. The summed E-state index contributed by atoms with van der Waals surface area (Å²) < 4.78 is 65.7. The molecule has 0 aliphatic carbocycles. The molecule has 10 heterocycles. The van der Waals surface area contributed by atoms with Gasteiger partial charge in [0.2, 0.25) is 0 Å². The van der Waals surface area contributed by atoms with Crippen LogP contribution in [0.4, 0.5) is 4.79 Å². The molecular formula is C45H67NO13. The van der Waals surface area contributed by atoms with Crippen LogP contribution in [-0.4, -0.2) is 140 Å². The van der Waals surface area contributed by atoms with Gasteiger partial charge in [-0.2, -0.15) is 0 Å². The van der Waals surface area contributed by atoms with Gasteiger partial charge in [0, 0.05) is 58.1 Å². The van der Waals surface area contributed by atoms with E-state index in [0.29, 0.717) is 25.7 Å². The van der Waals surface area contributed by atoms with Crippen LogP contribution in [-0.2, 0) is 52.2 Å². The van der Waals surface area contributed by atoms with E-state index in [1.807, 2.05) is 0 Å². The highest BCUT2D eigenvalue weighted by molar-refractivity contribution is 5.79. The first kappa shape index (κ1) is 42.3. The monoisotopic (exact) mass is 829 g/mol. The van der Waals surface area contributed by atoms with Crippen molar-refractivity contribution in [1.82, 2.24) is 5.32 Å². The molecule has 14 heteroatoms. The number of ketones is 1. The first-order chi connectivity index (χ1) is 28.1. The zero-order valence-corrected chi connectivity index (χ0v) is 35.6. The summed E-state index contributed by atoms with van der Waals surface area (Å²) in [5.74, 6) is -0.821. The number of carbonyl (C=O) groups is 2. The number of Topliss-reactive ketones (excluding diaryl/α,β-unsaturated/α-hetero) is 1. The number of rotatable bonds is 5. The molecule has 0 aromatic heterocycles. The Kier molecular flexibility index (Phi) is 11.9. The molecule has 10 aliphatic rings. The lowest BCUT2D eigenvalue weighted by atomic mass is 9.81. The summed E-state index contributed by atoms with van der Waals surface area (Å²) in [7, 11) is 1.63. The molecule has 10 saturated heterocycles. The molecule has 10 rings (SSSR count). The number of ether oxygens (including phenoxy) is 10.